The fraction of sp³-hybridized carbons (Fsp3) is 0.417. The molecule has 1 unspecified atom stereocenters. The minimum Gasteiger partial charge on any atom is -0.494 e. The van der Waals surface area contributed by atoms with E-state index < -0.39 is 0 Å². The molecule has 0 fully saturated rings. The lowest BCUT2D eigenvalue weighted by molar-refractivity contribution is -0.116. The summed E-state index contributed by atoms with van der Waals surface area (Å²) >= 11 is 5.02. The van der Waals surface area contributed by atoms with Crippen molar-refractivity contribution in [3.05, 3.63) is 23.8 Å². The monoisotopic (exact) mass is 302 g/mol. The third-order valence-corrected chi connectivity index (χ3v) is 3.98. The predicted molar refractivity (Wildman–Crippen MR) is 71.7 cm³/mol. The number of ether oxygens (including phenoxy) is 1. The van der Waals surface area contributed by atoms with Crippen LogP contribution in [0.5, 0.6) is 5.75 Å². The number of hydrogen-bond donors (Lipinski definition) is 0. The first-order valence-corrected chi connectivity index (χ1v) is 7.18. The van der Waals surface area contributed by atoms with Crippen LogP contribution in [0.25, 0.3) is 0 Å². The molecule has 0 aliphatic rings. The van der Waals surface area contributed by atoms with Crippen LogP contribution in [0.2, 0.25) is 0 Å². The Balaban J connectivity index is 3.08. The van der Waals surface area contributed by atoms with Gasteiger partial charge in [-0.3, -0.25) is 4.79 Å². The van der Waals surface area contributed by atoms with Gasteiger partial charge in [0.05, 0.1) is 11.4 Å². The van der Waals surface area contributed by atoms with E-state index in [2.05, 4.69) is 15.9 Å². The average Bonchev–Trinajstić information content (AvgIpc) is 2.27. The molecule has 0 saturated heterocycles. The highest BCUT2D eigenvalue weighted by Crippen LogP contribution is 2.31. The third kappa shape index (κ3) is 3.52. The molecule has 0 saturated carbocycles. The topological polar surface area (TPSA) is 26.3 Å². The molecular formula is C12H15BrO2S. The van der Waals surface area contributed by atoms with Crippen molar-refractivity contribution >= 4 is 33.5 Å². The fourth-order valence-corrected chi connectivity index (χ4v) is 2.09. The number of Topliss-reactive ketones (excluding diaryl/α,β-unsaturated/α-hetero) is 1. The lowest BCUT2D eigenvalue weighted by Crippen LogP contribution is -2.02. The number of halogens is 1. The Bertz CT molecular complexity index is 379. The van der Waals surface area contributed by atoms with E-state index in [-0.39, 0.29) is 10.6 Å². The van der Waals surface area contributed by atoms with Crippen molar-refractivity contribution in [2.24, 2.45) is 0 Å². The van der Waals surface area contributed by atoms with Crippen LogP contribution in [0.4, 0.5) is 0 Å². The van der Waals surface area contributed by atoms with Gasteiger partial charge in [0.15, 0.2) is 0 Å². The smallest absolute Gasteiger partial charge is 0.147 e. The van der Waals surface area contributed by atoms with Gasteiger partial charge in [0.25, 0.3) is 0 Å². The van der Waals surface area contributed by atoms with E-state index in [0.717, 1.165) is 16.2 Å². The maximum atomic E-state index is 11.3. The summed E-state index contributed by atoms with van der Waals surface area (Å²) < 4.78 is 5.47. The highest BCUT2D eigenvalue weighted by Gasteiger charge is 2.14. The quantitative estimate of drug-likeness (QED) is 0.611. The van der Waals surface area contributed by atoms with Crippen LogP contribution in [0.1, 0.15) is 24.2 Å². The number of alkyl halides is 1. The number of carbonyl (C=O) groups excluding carboxylic acids is 1. The van der Waals surface area contributed by atoms with Crippen molar-refractivity contribution in [3.8, 4) is 5.75 Å². The van der Waals surface area contributed by atoms with E-state index >= 15 is 0 Å². The summed E-state index contributed by atoms with van der Waals surface area (Å²) in [4.78, 5) is 12.2. The van der Waals surface area contributed by atoms with Crippen molar-refractivity contribution in [1.29, 1.82) is 0 Å². The van der Waals surface area contributed by atoms with E-state index in [9.17, 15) is 4.79 Å². The Morgan fingerprint density at radius 1 is 1.50 bits per heavy atom. The van der Waals surface area contributed by atoms with Crippen molar-refractivity contribution in [1.82, 2.24) is 0 Å². The highest BCUT2D eigenvalue weighted by atomic mass is 79.9. The molecule has 1 aromatic rings. The molecule has 0 amide bonds. The molecule has 88 valence electrons. The van der Waals surface area contributed by atoms with Crippen LogP contribution in [0, 0.1) is 0 Å². The van der Waals surface area contributed by atoms with E-state index in [0.29, 0.717) is 6.61 Å². The van der Waals surface area contributed by atoms with Gasteiger partial charge >= 0.3 is 0 Å². The Morgan fingerprint density at radius 3 is 2.69 bits per heavy atom. The van der Waals surface area contributed by atoms with Gasteiger partial charge < -0.3 is 4.74 Å². The number of hydrogen-bond acceptors (Lipinski definition) is 3. The molecule has 0 heterocycles. The summed E-state index contributed by atoms with van der Waals surface area (Å²) in [7, 11) is 0. The van der Waals surface area contributed by atoms with Gasteiger partial charge in [0.2, 0.25) is 0 Å². The Labute approximate surface area is 109 Å². The van der Waals surface area contributed by atoms with Gasteiger partial charge in [-0.05, 0) is 43.9 Å². The third-order valence-electron chi connectivity index (χ3n) is 2.10. The lowest BCUT2D eigenvalue weighted by atomic mass is 10.1. The summed E-state index contributed by atoms with van der Waals surface area (Å²) in [6, 6.07) is 5.90. The van der Waals surface area contributed by atoms with Gasteiger partial charge in [0, 0.05) is 4.90 Å². The molecule has 0 bridgehead atoms. The van der Waals surface area contributed by atoms with E-state index in [4.69, 9.17) is 4.74 Å². The van der Waals surface area contributed by atoms with Gasteiger partial charge in [-0.2, -0.15) is 0 Å². The largest absolute Gasteiger partial charge is 0.494 e. The van der Waals surface area contributed by atoms with E-state index in [1.807, 2.05) is 31.4 Å². The van der Waals surface area contributed by atoms with Crippen LogP contribution in [-0.4, -0.2) is 18.6 Å². The second kappa shape index (κ2) is 6.30. The molecule has 0 spiro atoms. The number of thioether (sulfide) groups is 1. The molecule has 2 nitrogen and oxygen atoms in total. The Hall–Kier alpha value is -0.480. The molecule has 0 radical (unpaired) electrons. The minimum absolute atomic E-state index is 0.0979. The first kappa shape index (κ1) is 13.6. The molecule has 1 aromatic carbocycles. The van der Waals surface area contributed by atoms with Gasteiger partial charge in [-0.15, -0.1) is 11.8 Å². The maximum absolute atomic E-state index is 11.3. The SMILES string of the molecule is CCOc1cc(SC)cc(C(Br)C(C)=O)c1. The highest BCUT2D eigenvalue weighted by molar-refractivity contribution is 9.09. The van der Waals surface area contributed by atoms with Crippen molar-refractivity contribution in [2.75, 3.05) is 12.9 Å². The first-order chi connectivity index (χ1) is 7.58. The van der Waals surface area contributed by atoms with Gasteiger partial charge in [0.1, 0.15) is 11.5 Å². The second-order valence-electron chi connectivity index (χ2n) is 3.35. The zero-order chi connectivity index (χ0) is 12.1. The summed E-state index contributed by atoms with van der Waals surface area (Å²) in [5.41, 5.74) is 0.947. The standard InChI is InChI=1S/C12H15BrO2S/c1-4-15-10-5-9(12(13)8(2)14)6-11(7-10)16-3/h5-7,12H,4H2,1-3H3. The summed E-state index contributed by atoms with van der Waals surface area (Å²) in [5.74, 6) is 0.913. The average molecular weight is 303 g/mol. The van der Waals surface area contributed by atoms with Crippen LogP contribution in [0.15, 0.2) is 23.1 Å². The van der Waals surface area contributed by atoms with Crippen LogP contribution in [0.3, 0.4) is 0 Å². The summed E-state index contributed by atoms with van der Waals surface area (Å²) in [6.45, 7) is 4.15. The Kier molecular flexibility index (Phi) is 5.35. The zero-order valence-electron chi connectivity index (χ0n) is 9.62. The van der Waals surface area contributed by atoms with Crippen molar-refractivity contribution in [3.63, 3.8) is 0 Å². The van der Waals surface area contributed by atoms with Gasteiger partial charge in [-0.25, -0.2) is 0 Å². The molecule has 4 heteroatoms. The predicted octanol–water partition coefficient (Wildman–Crippen LogP) is 3.83. The number of carbonyl (C=O) groups is 1. The van der Waals surface area contributed by atoms with E-state index in [1.165, 1.54) is 0 Å². The molecule has 0 N–H and O–H groups in total. The molecule has 1 atom stereocenters. The number of rotatable bonds is 5. The maximum Gasteiger partial charge on any atom is 0.147 e. The molecular weight excluding hydrogens is 288 g/mol. The molecule has 1 rings (SSSR count). The number of ketones is 1. The van der Waals surface area contributed by atoms with Crippen LogP contribution >= 0.6 is 27.7 Å². The first-order valence-electron chi connectivity index (χ1n) is 5.04. The minimum atomic E-state index is -0.251. The normalized spacial score (nSPS) is 12.2. The zero-order valence-corrected chi connectivity index (χ0v) is 12.0. The lowest BCUT2D eigenvalue weighted by Gasteiger charge is -2.11. The number of benzene rings is 1. The van der Waals surface area contributed by atoms with Crippen molar-refractivity contribution < 1.29 is 9.53 Å². The Morgan fingerprint density at radius 2 is 2.19 bits per heavy atom. The summed E-state index contributed by atoms with van der Waals surface area (Å²) in [6.07, 6.45) is 2.01. The molecule has 0 aliphatic carbocycles. The second-order valence-corrected chi connectivity index (χ2v) is 5.14. The molecule has 0 aliphatic heterocycles. The summed E-state index contributed by atoms with van der Waals surface area (Å²) in [5, 5.41) is 0. The molecule has 16 heavy (non-hydrogen) atoms. The van der Waals surface area contributed by atoms with Crippen molar-refractivity contribution in [2.45, 2.75) is 23.6 Å². The van der Waals surface area contributed by atoms with Gasteiger partial charge in [-0.1, -0.05) is 15.9 Å². The fourth-order valence-electron chi connectivity index (χ4n) is 1.34. The van der Waals surface area contributed by atoms with Crippen LogP contribution < -0.4 is 4.74 Å². The van der Waals surface area contributed by atoms with Crippen LogP contribution in [-0.2, 0) is 4.79 Å². The van der Waals surface area contributed by atoms with E-state index in [1.54, 1.807) is 18.7 Å². The molecule has 0 aromatic heterocycles.